The first-order valence-corrected chi connectivity index (χ1v) is 17.1. The number of rotatable bonds is 4. The van der Waals surface area contributed by atoms with Crippen molar-refractivity contribution in [3.63, 3.8) is 0 Å². The molecule has 1 aliphatic heterocycles. The summed E-state index contributed by atoms with van der Waals surface area (Å²) in [6, 6.07) is 35.6. The molecule has 0 saturated carbocycles. The number of fused-ring (bicyclic) bond motifs is 7. The number of ether oxygens (including phenoxy) is 1. The van der Waals surface area contributed by atoms with Gasteiger partial charge in [-0.1, -0.05) is 84.9 Å². The lowest BCUT2D eigenvalue weighted by Gasteiger charge is -2.35. The Kier molecular flexibility index (Phi) is 6.18. The molecule has 10 rings (SSSR count). The average Bonchev–Trinajstić information content (AvgIpc) is 3.85. The Morgan fingerprint density at radius 2 is 1.08 bits per heavy atom. The Bertz CT molecular complexity index is 2590. The Balaban J connectivity index is 1.05. The van der Waals surface area contributed by atoms with Crippen molar-refractivity contribution in [1.29, 1.82) is 0 Å². The molecule has 0 saturated heterocycles. The summed E-state index contributed by atoms with van der Waals surface area (Å²) in [5.74, 6) is 1.90. The SMILES string of the molecule is C1=CC2=C(CC1)Oc1ccccc1N2c1ccc(-c2ccc(-c3nc4c5nsnc5c5nsnc5c4nc3-c3ccccc3)cc2)cc1. The van der Waals surface area contributed by atoms with E-state index in [-0.39, 0.29) is 0 Å². The molecule has 5 aromatic carbocycles. The van der Waals surface area contributed by atoms with Gasteiger partial charge in [0, 0.05) is 23.2 Å². The van der Waals surface area contributed by atoms with Gasteiger partial charge in [0.1, 0.15) is 38.9 Å². The first kappa shape index (κ1) is 27.3. The standard InChI is InChI=1S/C38H23N7OS2/c1-2-8-24(9-3-1)31-32(40-34-33(39-31)35-37(43-47-41-35)38-36(34)42-48-44-38)25-16-14-22(15-17-25)23-18-20-26(21-19-23)45-27-10-4-6-12-29(27)46-30-13-7-5-11-28(30)45/h1-6,8-12,14-21H,7,13H2. The topological polar surface area (TPSA) is 89.8 Å². The zero-order chi connectivity index (χ0) is 31.6. The van der Waals surface area contributed by atoms with E-state index in [9.17, 15) is 0 Å². The van der Waals surface area contributed by atoms with Crippen LogP contribution in [0.3, 0.4) is 0 Å². The van der Waals surface area contributed by atoms with Gasteiger partial charge in [-0.2, -0.15) is 17.5 Å². The van der Waals surface area contributed by atoms with E-state index in [0.717, 1.165) is 110 Å². The van der Waals surface area contributed by atoms with Gasteiger partial charge in [0.2, 0.25) is 0 Å². The molecule has 3 aromatic heterocycles. The van der Waals surface area contributed by atoms with Gasteiger partial charge in [0.15, 0.2) is 5.75 Å². The second-order valence-electron chi connectivity index (χ2n) is 11.7. The van der Waals surface area contributed by atoms with E-state index in [4.69, 9.17) is 14.7 Å². The fourth-order valence-electron chi connectivity index (χ4n) is 6.59. The molecule has 228 valence electrons. The summed E-state index contributed by atoms with van der Waals surface area (Å²) in [7, 11) is 0. The number of para-hydroxylation sites is 2. The fraction of sp³-hybridized carbons (Fsp3) is 0.0526. The van der Waals surface area contributed by atoms with E-state index in [1.54, 1.807) is 0 Å². The smallest absolute Gasteiger partial charge is 0.151 e. The Labute approximate surface area is 283 Å². The fourth-order valence-corrected chi connectivity index (χ4v) is 7.69. The lowest BCUT2D eigenvalue weighted by atomic mass is 9.99. The number of allylic oxidation sites excluding steroid dienone is 3. The lowest BCUT2D eigenvalue weighted by molar-refractivity contribution is 0.388. The van der Waals surface area contributed by atoms with Crippen LogP contribution < -0.4 is 9.64 Å². The van der Waals surface area contributed by atoms with Crippen LogP contribution in [-0.4, -0.2) is 27.5 Å². The van der Waals surface area contributed by atoms with Crippen LogP contribution >= 0.6 is 23.5 Å². The molecule has 0 unspecified atom stereocenters. The third-order valence-electron chi connectivity index (χ3n) is 8.89. The molecule has 0 amide bonds. The zero-order valence-electron chi connectivity index (χ0n) is 25.2. The molecule has 0 atom stereocenters. The lowest BCUT2D eigenvalue weighted by Crippen LogP contribution is -2.24. The van der Waals surface area contributed by atoms with E-state index in [2.05, 4.69) is 107 Å². The number of aromatic nitrogens is 6. The number of nitrogens with zero attached hydrogens (tertiary/aromatic N) is 7. The summed E-state index contributed by atoms with van der Waals surface area (Å²) in [5, 5.41) is 0. The first-order chi connectivity index (χ1) is 23.8. The summed E-state index contributed by atoms with van der Waals surface area (Å²) in [5.41, 5.74) is 13.2. The largest absolute Gasteiger partial charge is 0.457 e. The number of hydrogen-bond acceptors (Lipinski definition) is 10. The van der Waals surface area contributed by atoms with E-state index in [0.29, 0.717) is 22.1 Å². The maximum atomic E-state index is 6.29. The third-order valence-corrected chi connectivity index (χ3v) is 9.95. The van der Waals surface area contributed by atoms with Crippen molar-refractivity contribution in [2.24, 2.45) is 0 Å². The molecular weight excluding hydrogens is 635 g/mol. The summed E-state index contributed by atoms with van der Waals surface area (Å²) < 4.78 is 24.5. The quantitative estimate of drug-likeness (QED) is 0.185. The molecule has 0 bridgehead atoms. The van der Waals surface area contributed by atoms with E-state index >= 15 is 0 Å². The predicted molar refractivity (Wildman–Crippen MR) is 192 cm³/mol. The minimum Gasteiger partial charge on any atom is -0.457 e. The van der Waals surface area contributed by atoms with E-state index in [1.165, 1.54) is 0 Å². The van der Waals surface area contributed by atoms with Crippen molar-refractivity contribution in [1.82, 2.24) is 27.5 Å². The number of anilines is 2. The van der Waals surface area contributed by atoms with Crippen molar-refractivity contribution < 1.29 is 4.74 Å². The van der Waals surface area contributed by atoms with Crippen molar-refractivity contribution in [2.75, 3.05) is 4.90 Å². The summed E-state index contributed by atoms with van der Waals surface area (Å²) in [4.78, 5) is 12.7. The number of benzene rings is 5. The second kappa shape index (κ2) is 10.9. The predicted octanol–water partition coefficient (Wildman–Crippen LogP) is 9.73. The minimum atomic E-state index is 0.684. The van der Waals surface area contributed by atoms with Gasteiger partial charge < -0.3 is 9.64 Å². The Morgan fingerprint density at radius 1 is 0.542 bits per heavy atom. The van der Waals surface area contributed by atoms with Crippen molar-refractivity contribution >= 4 is 67.9 Å². The maximum Gasteiger partial charge on any atom is 0.151 e. The van der Waals surface area contributed by atoms with Gasteiger partial charge in [-0.15, -0.1) is 0 Å². The van der Waals surface area contributed by atoms with E-state index in [1.807, 2.05) is 30.3 Å². The monoisotopic (exact) mass is 657 g/mol. The molecule has 8 nitrogen and oxygen atoms in total. The van der Waals surface area contributed by atoms with Crippen LogP contribution in [0.25, 0.3) is 66.7 Å². The molecule has 0 radical (unpaired) electrons. The highest BCUT2D eigenvalue weighted by Gasteiger charge is 2.28. The van der Waals surface area contributed by atoms with Crippen molar-refractivity contribution in [2.45, 2.75) is 12.8 Å². The molecule has 8 aromatic rings. The van der Waals surface area contributed by atoms with Crippen LogP contribution in [0.2, 0.25) is 0 Å². The minimum absolute atomic E-state index is 0.684. The van der Waals surface area contributed by atoms with Crippen molar-refractivity contribution in [3.8, 4) is 39.4 Å². The van der Waals surface area contributed by atoms with Gasteiger partial charge in [0.25, 0.3) is 0 Å². The van der Waals surface area contributed by atoms with Crippen molar-refractivity contribution in [3.05, 3.63) is 127 Å². The van der Waals surface area contributed by atoms with Crippen LogP contribution in [0.5, 0.6) is 5.75 Å². The molecule has 0 spiro atoms. The van der Waals surface area contributed by atoms with Gasteiger partial charge in [-0.3, -0.25) is 0 Å². The number of hydrogen-bond donors (Lipinski definition) is 0. The summed E-state index contributed by atoms with van der Waals surface area (Å²) in [6.07, 6.45) is 6.27. The second-order valence-corrected chi connectivity index (χ2v) is 12.7. The highest BCUT2D eigenvalue weighted by atomic mass is 32.1. The molecule has 4 heterocycles. The molecule has 2 aliphatic rings. The maximum absolute atomic E-state index is 6.29. The molecule has 10 heteroatoms. The summed E-state index contributed by atoms with van der Waals surface area (Å²) >= 11 is 2.31. The van der Waals surface area contributed by atoms with Gasteiger partial charge in [-0.05, 0) is 47.9 Å². The van der Waals surface area contributed by atoms with Gasteiger partial charge in [0.05, 0.1) is 46.2 Å². The molecule has 1 aliphatic carbocycles. The van der Waals surface area contributed by atoms with Crippen LogP contribution in [0.1, 0.15) is 12.8 Å². The highest BCUT2D eigenvalue weighted by molar-refractivity contribution is 7.01. The Hall–Kier alpha value is -5.84. The molecule has 48 heavy (non-hydrogen) atoms. The summed E-state index contributed by atoms with van der Waals surface area (Å²) in [6.45, 7) is 0. The van der Waals surface area contributed by atoms with Crippen LogP contribution in [-0.2, 0) is 0 Å². The molecular formula is C38H23N7OS2. The normalized spacial score (nSPS) is 14.0. The van der Waals surface area contributed by atoms with Crippen LogP contribution in [0.4, 0.5) is 11.4 Å². The molecule has 0 fully saturated rings. The average molecular weight is 658 g/mol. The molecule has 0 N–H and O–H groups in total. The zero-order valence-corrected chi connectivity index (χ0v) is 26.9. The van der Waals surface area contributed by atoms with Crippen LogP contribution in [0, 0.1) is 0 Å². The first-order valence-electron chi connectivity index (χ1n) is 15.6. The third kappa shape index (κ3) is 4.27. The van der Waals surface area contributed by atoms with Crippen LogP contribution in [0.15, 0.2) is 127 Å². The van der Waals surface area contributed by atoms with Gasteiger partial charge in [-0.25, -0.2) is 9.97 Å². The Morgan fingerprint density at radius 3 is 1.75 bits per heavy atom. The van der Waals surface area contributed by atoms with Gasteiger partial charge >= 0.3 is 0 Å². The highest BCUT2D eigenvalue weighted by Crippen LogP contribution is 2.45. The van der Waals surface area contributed by atoms with E-state index < -0.39 is 0 Å².